The fourth-order valence-electron chi connectivity index (χ4n) is 2.32. The highest BCUT2D eigenvalue weighted by Gasteiger charge is 2.22. The molecule has 1 heterocycles. The molecule has 0 saturated carbocycles. The fourth-order valence-corrected chi connectivity index (χ4v) is 2.32. The maximum atomic E-state index is 9.15. The van der Waals surface area contributed by atoms with E-state index in [1.54, 1.807) is 0 Å². The van der Waals surface area contributed by atoms with Gasteiger partial charge in [-0.15, -0.1) is 0 Å². The summed E-state index contributed by atoms with van der Waals surface area (Å²) in [5, 5.41) is 9.15. The first-order valence-electron chi connectivity index (χ1n) is 7.15. The average molecular weight is 253 g/mol. The van der Waals surface area contributed by atoms with Crippen LogP contribution in [0.5, 0.6) is 0 Å². The minimum absolute atomic E-state index is 0.115. The van der Waals surface area contributed by atoms with Crippen LogP contribution < -0.4 is 0 Å². The van der Waals surface area contributed by atoms with Gasteiger partial charge in [-0.1, -0.05) is 13.3 Å². The molecule has 1 atom stereocenters. The molecule has 0 N–H and O–H groups in total. The molecule has 1 rings (SSSR count). The summed E-state index contributed by atoms with van der Waals surface area (Å²) in [6.45, 7) is 12.3. The lowest BCUT2D eigenvalue weighted by Gasteiger charge is -2.36. The maximum absolute atomic E-state index is 9.15. The van der Waals surface area contributed by atoms with Gasteiger partial charge in [-0.05, 0) is 20.3 Å². The van der Waals surface area contributed by atoms with Crippen molar-refractivity contribution in [2.75, 3.05) is 39.3 Å². The Morgan fingerprint density at radius 2 is 1.89 bits per heavy atom. The number of hydrogen-bond donors (Lipinski definition) is 0. The van der Waals surface area contributed by atoms with Gasteiger partial charge in [0, 0.05) is 32.7 Å². The summed E-state index contributed by atoms with van der Waals surface area (Å²) in [4.78, 5) is 4.75. The molecular weight excluding hydrogens is 226 g/mol. The molecule has 0 aromatic carbocycles. The molecule has 0 aliphatic carbocycles. The lowest BCUT2D eigenvalue weighted by molar-refractivity contribution is 0.0409. The van der Waals surface area contributed by atoms with E-state index in [-0.39, 0.29) is 6.04 Å². The SMILES string of the molecule is CCCC(C#N)N1CCN(CCOC(C)C)CC1. The molecule has 1 aliphatic rings. The van der Waals surface area contributed by atoms with Crippen LogP contribution in [0.1, 0.15) is 33.6 Å². The summed E-state index contributed by atoms with van der Waals surface area (Å²) in [7, 11) is 0. The molecule has 0 aromatic heterocycles. The van der Waals surface area contributed by atoms with Crippen LogP contribution in [0.2, 0.25) is 0 Å². The molecular formula is C14H27N3O. The van der Waals surface area contributed by atoms with Gasteiger partial charge in [-0.3, -0.25) is 9.80 Å². The highest BCUT2D eigenvalue weighted by atomic mass is 16.5. The van der Waals surface area contributed by atoms with Crippen molar-refractivity contribution < 1.29 is 4.74 Å². The third-order valence-corrected chi connectivity index (χ3v) is 3.42. The van der Waals surface area contributed by atoms with Gasteiger partial charge < -0.3 is 4.74 Å². The lowest BCUT2D eigenvalue weighted by atomic mass is 10.1. The minimum atomic E-state index is 0.115. The third-order valence-electron chi connectivity index (χ3n) is 3.42. The summed E-state index contributed by atoms with van der Waals surface area (Å²) in [5.41, 5.74) is 0. The van der Waals surface area contributed by atoms with Gasteiger partial charge >= 0.3 is 0 Å². The molecule has 1 unspecified atom stereocenters. The van der Waals surface area contributed by atoms with Gasteiger partial charge in [-0.2, -0.15) is 5.26 Å². The van der Waals surface area contributed by atoms with Crippen LogP contribution in [0.3, 0.4) is 0 Å². The van der Waals surface area contributed by atoms with Crippen molar-refractivity contribution in [3.8, 4) is 6.07 Å². The highest BCUT2D eigenvalue weighted by Crippen LogP contribution is 2.10. The summed E-state index contributed by atoms with van der Waals surface area (Å²) in [5.74, 6) is 0. The van der Waals surface area contributed by atoms with Crippen LogP contribution in [0.15, 0.2) is 0 Å². The van der Waals surface area contributed by atoms with Crippen molar-refractivity contribution in [1.82, 2.24) is 9.80 Å². The molecule has 0 amide bonds. The van der Waals surface area contributed by atoms with Crippen molar-refractivity contribution in [3.05, 3.63) is 0 Å². The topological polar surface area (TPSA) is 39.5 Å². The van der Waals surface area contributed by atoms with Crippen molar-refractivity contribution in [2.45, 2.75) is 45.8 Å². The standard InChI is InChI=1S/C14H27N3O/c1-4-5-14(12-15)17-8-6-16(7-9-17)10-11-18-13(2)3/h13-14H,4-11H2,1-3H3. The Labute approximate surface area is 112 Å². The van der Waals surface area contributed by atoms with E-state index in [9.17, 15) is 0 Å². The number of rotatable bonds is 7. The smallest absolute Gasteiger partial charge is 0.0978 e. The van der Waals surface area contributed by atoms with Crippen molar-refractivity contribution in [1.29, 1.82) is 5.26 Å². The zero-order chi connectivity index (χ0) is 13.4. The molecule has 18 heavy (non-hydrogen) atoms. The predicted octanol–water partition coefficient (Wildman–Crippen LogP) is 1.72. The Morgan fingerprint density at radius 3 is 2.39 bits per heavy atom. The minimum Gasteiger partial charge on any atom is -0.377 e. The normalized spacial score (nSPS) is 19.9. The Bertz CT molecular complexity index is 254. The van der Waals surface area contributed by atoms with E-state index in [0.29, 0.717) is 6.10 Å². The summed E-state index contributed by atoms with van der Waals surface area (Å²) in [6.07, 6.45) is 2.40. The van der Waals surface area contributed by atoms with Gasteiger partial charge in [0.25, 0.3) is 0 Å². The van der Waals surface area contributed by atoms with Gasteiger partial charge in [0.2, 0.25) is 0 Å². The monoisotopic (exact) mass is 253 g/mol. The van der Waals surface area contributed by atoms with Crippen molar-refractivity contribution in [2.24, 2.45) is 0 Å². The van der Waals surface area contributed by atoms with Crippen LogP contribution in [0.25, 0.3) is 0 Å². The van der Waals surface area contributed by atoms with Crippen LogP contribution in [-0.4, -0.2) is 61.3 Å². The van der Waals surface area contributed by atoms with E-state index in [1.165, 1.54) is 0 Å². The predicted molar refractivity (Wildman–Crippen MR) is 73.4 cm³/mol. The van der Waals surface area contributed by atoms with Gasteiger partial charge in [0.15, 0.2) is 0 Å². The van der Waals surface area contributed by atoms with E-state index in [2.05, 4.69) is 36.6 Å². The first kappa shape index (κ1) is 15.4. The molecule has 1 saturated heterocycles. The Hall–Kier alpha value is -0.630. The summed E-state index contributed by atoms with van der Waals surface area (Å²) < 4.78 is 5.57. The quantitative estimate of drug-likeness (QED) is 0.692. The highest BCUT2D eigenvalue weighted by molar-refractivity contribution is 4.93. The van der Waals surface area contributed by atoms with Crippen LogP contribution >= 0.6 is 0 Å². The van der Waals surface area contributed by atoms with Crippen LogP contribution in [0, 0.1) is 11.3 Å². The zero-order valence-electron chi connectivity index (χ0n) is 12.1. The van der Waals surface area contributed by atoms with E-state index in [0.717, 1.165) is 52.2 Å². The van der Waals surface area contributed by atoms with E-state index >= 15 is 0 Å². The zero-order valence-corrected chi connectivity index (χ0v) is 12.1. The van der Waals surface area contributed by atoms with E-state index in [4.69, 9.17) is 10.00 Å². The number of ether oxygens (including phenoxy) is 1. The second-order valence-electron chi connectivity index (χ2n) is 5.23. The molecule has 104 valence electrons. The van der Waals surface area contributed by atoms with Crippen molar-refractivity contribution >= 4 is 0 Å². The molecule has 4 nitrogen and oxygen atoms in total. The molecule has 1 aliphatic heterocycles. The Kier molecular flexibility index (Phi) is 7.26. The number of nitriles is 1. The lowest BCUT2D eigenvalue weighted by Crippen LogP contribution is -2.50. The fraction of sp³-hybridized carbons (Fsp3) is 0.929. The van der Waals surface area contributed by atoms with E-state index in [1.807, 2.05) is 0 Å². The first-order chi connectivity index (χ1) is 8.67. The summed E-state index contributed by atoms with van der Waals surface area (Å²) in [6, 6.07) is 2.54. The third kappa shape index (κ3) is 5.34. The Balaban J connectivity index is 2.21. The van der Waals surface area contributed by atoms with Gasteiger partial charge in [-0.25, -0.2) is 0 Å². The van der Waals surface area contributed by atoms with Crippen LogP contribution in [0.4, 0.5) is 0 Å². The first-order valence-corrected chi connectivity index (χ1v) is 7.15. The molecule has 0 radical (unpaired) electrons. The van der Waals surface area contributed by atoms with Crippen molar-refractivity contribution in [3.63, 3.8) is 0 Å². The number of piperazine rings is 1. The maximum Gasteiger partial charge on any atom is 0.0978 e. The molecule has 1 fully saturated rings. The molecule has 0 aromatic rings. The second-order valence-corrected chi connectivity index (χ2v) is 5.23. The average Bonchev–Trinajstić information content (AvgIpc) is 2.36. The molecule has 4 heteroatoms. The largest absolute Gasteiger partial charge is 0.377 e. The van der Waals surface area contributed by atoms with Gasteiger partial charge in [0.1, 0.15) is 0 Å². The number of nitrogens with zero attached hydrogens (tertiary/aromatic N) is 3. The van der Waals surface area contributed by atoms with Crippen LogP contribution in [-0.2, 0) is 4.74 Å². The van der Waals surface area contributed by atoms with E-state index < -0.39 is 0 Å². The van der Waals surface area contributed by atoms with Gasteiger partial charge in [0.05, 0.1) is 24.8 Å². The summed E-state index contributed by atoms with van der Waals surface area (Å²) >= 11 is 0. The second kappa shape index (κ2) is 8.47. The Morgan fingerprint density at radius 1 is 1.22 bits per heavy atom. The molecule has 0 bridgehead atoms. The molecule has 0 spiro atoms. The number of hydrogen-bond acceptors (Lipinski definition) is 4.